The van der Waals surface area contributed by atoms with Gasteiger partial charge in [0, 0.05) is 0 Å². The van der Waals surface area contributed by atoms with Crippen molar-refractivity contribution in [2.45, 2.75) is 45.3 Å². The van der Waals surface area contributed by atoms with Crippen molar-refractivity contribution in [3.8, 4) is 5.75 Å². The first-order valence-electron chi connectivity index (χ1n) is 9.29. The first-order valence-corrected chi connectivity index (χ1v) is 9.29. The normalized spacial score (nSPS) is 12.7. The van der Waals surface area contributed by atoms with Crippen LogP contribution >= 0.6 is 0 Å². The van der Waals surface area contributed by atoms with Gasteiger partial charge >= 0.3 is 11.9 Å². The van der Waals surface area contributed by atoms with E-state index in [1.165, 1.54) is 12.1 Å². The summed E-state index contributed by atoms with van der Waals surface area (Å²) in [6.07, 6.45) is 4.49. The fraction of sp³-hybridized carbons (Fsp3) is 0.304. The number of carboxylic acid groups (broad SMARTS) is 2. The van der Waals surface area contributed by atoms with Crippen LogP contribution in [0.5, 0.6) is 5.75 Å². The standard InChI is InChI=1S/C23H26O6/c1-15(6-5-11-23(2,3)28)17-7-4-8-18(13-17)29-14-16-9-10-19(21(24)25)20(12-16)22(26)27/h4-5,7-13,15,28H,6,14H2,1-3H3,(H,24,25)(H,26,27)/b11-5+. The first kappa shape index (κ1) is 22.2. The molecule has 2 rings (SSSR count). The molecule has 0 aliphatic heterocycles. The summed E-state index contributed by atoms with van der Waals surface area (Å²) in [5, 5.41) is 28.1. The molecule has 29 heavy (non-hydrogen) atoms. The van der Waals surface area contributed by atoms with E-state index in [1.807, 2.05) is 30.3 Å². The Morgan fingerprint density at radius 1 is 1.07 bits per heavy atom. The maximum Gasteiger partial charge on any atom is 0.336 e. The van der Waals surface area contributed by atoms with E-state index in [0.29, 0.717) is 11.3 Å². The van der Waals surface area contributed by atoms with Crippen molar-refractivity contribution in [2.24, 2.45) is 0 Å². The van der Waals surface area contributed by atoms with Crippen LogP contribution in [-0.2, 0) is 6.61 Å². The quantitative estimate of drug-likeness (QED) is 0.538. The van der Waals surface area contributed by atoms with Gasteiger partial charge in [0.25, 0.3) is 0 Å². The second-order valence-electron chi connectivity index (χ2n) is 7.54. The highest BCUT2D eigenvalue weighted by molar-refractivity contribution is 6.01. The molecule has 0 bridgehead atoms. The van der Waals surface area contributed by atoms with Gasteiger partial charge < -0.3 is 20.1 Å². The summed E-state index contributed by atoms with van der Waals surface area (Å²) >= 11 is 0. The van der Waals surface area contributed by atoms with E-state index in [1.54, 1.807) is 26.0 Å². The third kappa shape index (κ3) is 6.76. The molecule has 0 fully saturated rings. The van der Waals surface area contributed by atoms with Crippen LogP contribution in [-0.4, -0.2) is 32.9 Å². The SMILES string of the molecule is CC(C/C=C/C(C)(C)O)c1cccc(OCc2ccc(C(=O)O)c(C(=O)O)c2)c1. The van der Waals surface area contributed by atoms with E-state index in [-0.39, 0.29) is 23.7 Å². The maximum atomic E-state index is 11.3. The van der Waals surface area contributed by atoms with Crippen LogP contribution in [0.4, 0.5) is 0 Å². The number of allylic oxidation sites excluding steroid dienone is 1. The van der Waals surface area contributed by atoms with E-state index in [9.17, 15) is 19.8 Å². The van der Waals surface area contributed by atoms with E-state index in [4.69, 9.17) is 9.84 Å². The molecule has 0 aliphatic carbocycles. The minimum Gasteiger partial charge on any atom is -0.489 e. The molecule has 0 amide bonds. The third-order valence-electron chi connectivity index (χ3n) is 4.39. The molecule has 6 heteroatoms. The number of rotatable bonds is 9. The van der Waals surface area contributed by atoms with Crippen LogP contribution in [0.1, 0.15) is 65.0 Å². The fourth-order valence-corrected chi connectivity index (χ4v) is 2.82. The molecule has 154 valence electrons. The van der Waals surface area contributed by atoms with Crippen molar-refractivity contribution in [3.63, 3.8) is 0 Å². The van der Waals surface area contributed by atoms with Gasteiger partial charge in [-0.15, -0.1) is 0 Å². The predicted octanol–water partition coefficient (Wildman–Crippen LogP) is 4.48. The Morgan fingerprint density at radius 2 is 1.76 bits per heavy atom. The summed E-state index contributed by atoms with van der Waals surface area (Å²) < 4.78 is 5.78. The molecule has 3 N–H and O–H groups in total. The molecule has 0 aromatic heterocycles. The zero-order valence-electron chi connectivity index (χ0n) is 16.8. The number of hydrogen-bond acceptors (Lipinski definition) is 4. The van der Waals surface area contributed by atoms with Gasteiger partial charge in [-0.05, 0) is 61.6 Å². The highest BCUT2D eigenvalue weighted by Crippen LogP contribution is 2.25. The van der Waals surface area contributed by atoms with Crippen LogP contribution in [0.2, 0.25) is 0 Å². The van der Waals surface area contributed by atoms with Crippen molar-refractivity contribution in [1.29, 1.82) is 0 Å². The molecule has 0 aliphatic rings. The van der Waals surface area contributed by atoms with Crippen molar-refractivity contribution >= 4 is 11.9 Å². The van der Waals surface area contributed by atoms with E-state index in [2.05, 4.69) is 6.92 Å². The summed E-state index contributed by atoms with van der Waals surface area (Å²) in [7, 11) is 0. The van der Waals surface area contributed by atoms with Gasteiger partial charge in [0.2, 0.25) is 0 Å². The van der Waals surface area contributed by atoms with Crippen molar-refractivity contribution in [2.75, 3.05) is 0 Å². The lowest BCUT2D eigenvalue weighted by Gasteiger charge is -2.14. The number of aromatic carboxylic acids is 2. The van der Waals surface area contributed by atoms with Gasteiger partial charge in [-0.2, -0.15) is 0 Å². The molecule has 1 atom stereocenters. The van der Waals surface area contributed by atoms with Gasteiger partial charge in [-0.3, -0.25) is 0 Å². The topological polar surface area (TPSA) is 104 Å². The Hall–Kier alpha value is -3.12. The summed E-state index contributed by atoms with van der Waals surface area (Å²) in [5.41, 5.74) is 0.292. The Bertz CT molecular complexity index is 908. The lowest BCUT2D eigenvalue weighted by molar-refractivity contribution is 0.0651. The van der Waals surface area contributed by atoms with Crippen molar-refractivity contribution < 1.29 is 29.6 Å². The maximum absolute atomic E-state index is 11.3. The van der Waals surface area contributed by atoms with Crippen LogP contribution in [0.15, 0.2) is 54.6 Å². The molecular weight excluding hydrogens is 372 g/mol. The second-order valence-corrected chi connectivity index (χ2v) is 7.54. The molecule has 0 saturated heterocycles. The van der Waals surface area contributed by atoms with Gasteiger partial charge in [0.15, 0.2) is 0 Å². The zero-order chi connectivity index (χ0) is 21.6. The minimum absolute atomic E-state index is 0.122. The molecule has 0 radical (unpaired) electrons. The predicted molar refractivity (Wildman–Crippen MR) is 110 cm³/mol. The molecule has 6 nitrogen and oxygen atoms in total. The van der Waals surface area contributed by atoms with Crippen LogP contribution in [0, 0.1) is 0 Å². The molecule has 2 aromatic carbocycles. The van der Waals surface area contributed by atoms with Gasteiger partial charge in [0.1, 0.15) is 12.4 Å². The zero-order valence-corrected chi connectivity index (χ0v) is 16.8. The Balaban J connectivity index is 2.07. The molecule has 0 saturated carbocycles. The summed E-state index contributed by atoms with van der Waals surface area (Å²) in [6, 6.07) is 11.8. The third-order valence-corrected chi connectivity index (χ3v) is 4.39. The number of carbonyl (C=O) groups is 2. The van der Waals surface area contributed by atoms with Crippen LogP contribution < -0.4 is 4.74 Å². The monoisotopic (exact) mass is 398 g/mol. The van der Waals surface area contributed by atoms with Crippen molar-refractivity contribution in [1.82, 2.24) is 0 Å². The van der Waals surface area contributed by atoms with Crippen LogP contribution in [0.3, 0.4) is 0 Å². The number of aliphatic hydroxyl groups is 1. The Morgan fingerprint density at radius 3 is 2.38 bits per heavy atom. The molecule has 0 heterocycles. The fourth-order valence-electron chi connectivity index (χ4n) is 2.82. The van der Waals surface area contributed by atoms with Crippen molar-refractivity contribution in [3.05, 3.63) is 76.9 Å². The summed E-state index contributed by atoms with van der Waals surface area (Å²) in [4.78, 5) is 22.4. The minimum atomic E-state index is -1.29. The van der Waals surface area contributed by atoms with Gasteiger partial charge in [-0.25, -0.2) is 9.59 Å². The Labute approximate surface area is 170 Å². The number of ether oxygens (including phenoxy) is 1. The average Bonchev–Trinajstić information content (AvgIpc) is 2.65. The highest BCUT2D eigenvalue weighted by Gasteiger charge is 2.16. The highest BCUT2D eigenvalue weighted by atomic mass is 16.5. The van der Waals surface area contributed by atoms with E-state index in [0.717, 1.165) is 12.0 Å². The lowest BCUT2D eigenvalue weighted by Crippen LogP contribution is -2.13. The smallest absolute Gasteiger partial charge is 0.336 e. The molecule has 0 spiro atoms. The number of carboxylic acids is 2. The van der Waals surface area contributed by atoms with Crippen LogP contribution in [0.25, 0.3) is 0 Å². The summed E-state index contributed by atoms with van der Waals surface area (Å²) in [5.74, 6) is -1.71. The second kappa shape index (κ2) is 9.39. The van der Waals surface area contributed by atoms with E-state index >= 15 is 0 Å². The summed E-state index contributed by atoms with van der Waals surface area (Å²) in [6.45, 7) is 5.65. The molecular formula is C23H26O6. The molecule has 2 aromatic rings. The van der Waals surface area contributed by atoms with E-state index < -0.39 is 17.5 Å². The Kier molecular flexibility index (Phi) is 7.18. The number of benzene rings is 2. The van der Waals surface area contributed by atoms with Gasteiger partial charge in [0.05, 0.1) is 16.7 Å². The lowest BCUT2D eigenvalue weighted by atomic mass is 9.96. The number of hydrogen-bond donors (Lipinski definition) is 3. The first-order chi connectivity index (χ1) is 13.6. The largest absolute Gasteiger partial charge is 0.489 e. The molecule has 1 unspecified atom stereocenters. The van der Waals surface area contributed by atoms with Gasteiger partial charge in [-0.1, -0.05) is 37.3 Å². The average molecular weight is 398 g/mol.